The van der Waals surface area contributed by atoms with E-state index in [0.29, 0.717) is 0 Å². The fourth-order valence-corrected chi connectivity index (χ4v) is 0. The Bertz CT molecular complexity index is 23.5. The molecule has 4 nitrogen and oxygen atoms in total. The molecule has 0 bridgehead atoms. The van der Waals surface area contributed by atoms with Crippen LogP contribution in [0.2, 0.25) is 0 Å². The summed E-state index contributed by atoms with van der Waals surface area (Å²) in [4.78, 5) is 0. The molecule has 0 radical (unpaired) electrons. The van der Waals surface area contributed by atoms with Crippen molar-refractivity contribution in [1.82, 2.24) is 0 Å². The number of hydrogen-bond donors (Lipinski definition) is 0. The molecule has 0 amide bonds. The average Bonchev–Trinajstić information content (AvgIpc) is 1.50. The van der Waals surface area contributed by atoms with Gasteiger partial charge < -0.3 is 11.0 Å². The number of rotatable bonds is 0. The van der Waals surface area contributed by atoms with E-state index in [1.54, 1.807) is 0 Å². The monoisotopic (exact) mass is 124 g/mol. The average molecular weight is 124 g/mol. The minimum atomic E-state index is 0. The maximum atomic E-state index is 7.50. The SMILES string of the molecule is C.C.O.O.[C-]#[O+].[C-]#[O+]. The van der Waals surface area contributed by atoms with Crippen molar-refractivity contribution in [2.24, 2.45) is 0 Å². The summed E-state index contributed by atoms with van der Waals surface area (Å²) in [5.74, 6) is 0. The summed E-state index contributed by atoms with van der Waals surface area (Å²) in [7, 11) is 0. The molecule has 0 aromatic rings. The zero-order valence-corrected chi connectivity index (χ0v) is 2.82. The third kappa shape index (κ3) is 290. The molecule has 0 saturated heterocycles. The van der Waals surface area contributed by atoms with Gasteiger partial charge in [-0.1, -0.05) is 14.9 Å². The molecule has 4 heteroatoms. The first-order valence-corrected chi connectivity index (χ1v) is 0.408. The molecule has 0 rings (SSSR count). The fourth-order valence-electron chi connectivity index (χ4n) is 0. The van der Waals surface area contributed by atoms with E-state index in [1.165, 1.54) is 0 Å². The second-order valence-corrected chi connectivity index (χ2v) is 0. The Morgan fingerprint density at radius 2 is 0.625 bits per heavy atom. The van der Waals surface area contributed by atoms with E-state index in [1.807, 2.05) is 0 Å². The molecule has 0 aromatic carbocycles. The van der Waals surface area contributed by atoms with Gasteiger partial charge in [-0.25, -0.2) is 0 Å². The Kier molecular flexibility index (Phi) is 10000. The van der Waals surface area contributed by atoms with E-state index in [-0.39, 0.29) is 25.8 Å². The molecule has 0 saturated carbocycles. The van der Waals surface area contributed by atoms with Crippen LogP contribution in [0, 0.1) is 13.3 Å². The van der Waals surface area contributed by atoms with Gasteiger partial charge in [-0.2, -0.15) is 0 Å². The Labute approximate surface area is 49.6 Å². The Morgan fingerprint density at radius 3 is 0.625 bits per heavy atom. The molecule has 0 aliphatic rings. The first-order chi connectivity index (χ1) is 2.00. The van der Waals surface area contributed by atoms with Gasteiger partial charge in [0.25, 0.3) is 0 Å². The number of hydrogen-bond acceptors (Lipinski definition) is 0. The first-order valence-electron chi connectivity index (χ1n) is 0.408. The van der Waals surface area contributed by atoms with E-state index in [9.17, 15) is 0 Å². The zero-order chi connectivity index (χ0) is 4.00. The molecule has 52 valence electrons. The van der Waals surface area contributed by atoms with Gasteiger partial charge in [-0.05, 0) is 0 Å². The van der Waals surface area contributed by atoms with Crippen LogP contribution in [-0.2, 0) is 9.30 Å². The summed E-state index contributed by atoms with van der Waals surface area (Å²) < 4.78 is 15.0. The molecule has 0 heterocycles. The summed E-state index contributed by atoms with van der Waals surface area (Å²) in [6, 6.07) is 0. The molecule has 0 aromatic heterocycles. The molecule has 0 atom stereocenters. The Morgan fingerprint density at radius 1 is 0.625 bits per heavy atom. The summed E-state index contributed by atoms with van der Waals surface area (Å²) in [5.41, 5.74) is 0. The summed E-state index contributed by atoms with van der Waals surface area (Å²) in [6.45, 7) is 9.00. The van der Waals surface area contributed by atoms with Crippen LogP contribution in [0.25, 0.3) is 0 Å². The van der Waals surface area contributed by atoms with Gasteiger partial charge in [0.2, 0.25) is 0 Å². The van der Waals surface area contributed by atoms with Gasteiger partial charge in [0, 0.05) is 0 Å². The second kappa shape index (κ2) is 518. The van der Waals surface area contributed by atoms with E-state index in [0.717, 1.165) is 0 Å². The van der Waals surface area contributed by atoms with Crippen LogP contribution in [0.3, 0.4) is 0 Å². The van der Waals surface area contributed by atoms with Crippen molar-refractivity contribution in [2.45, 2.75) is 14.9 Å². The van der Waals surface area contributed by atoms with E-state index >= 15 is 0 Å². The predicted octanol–water partition coefficient (Wildman–Crippen LogP) is -0.452. The second-order valence-electron chi connectivity index (χ2n) is 0. The molecule has 0 spiro atoms. The van der Waals surface area contributed by atoms with Crippen molar-refractivity contribution >= 4 is 0 Å². The first kappa shape index (κ1) is 155. The molecular weight excluding hydrogens is 112 g/mol. The Hall–Kier alpha value is -0.600. The topological polar surface area (TPSA) is 103 Å². The van der Waals surface area contributed by atoms with Crippen molar-refractivity contribution in [2.75, 3.05) is 0 Å². The van der Waals surface area contributed by atoms with E-state index in [4.69, 9.17) is 9.30 Å². The van der Waals surface area contributed by atoms with Crippen LogP contribution in [0.15, 0.2) is 0 Å². The standard InChI is InChI=1S/2CO.2CH4.2H2O/c2*1-2;;;;/h;;2*1H4;2*1H2. The van der Waals surface area contributed by atoms with Crippen LogP contribution in [0.4, 0.5) is 0 Å². The summed E-state index contributed by atoms with van der Waals surface area (Å²) in [6.07, 6.45) is 0. The fraction of sp³-hybridized carbons (Fsp3) is 0.500. The van der Waals surface area contributed by atoms with Crippen molar-refractivity contribution in [3.63, 3.8) is 0 Å². The molecule has 0 aliphatic heterocycles. The van der Waals surface area contributed by atoms with Crippen molar-refractivity contribution in [1.29, 1.82) is 0 Å². The van der Waals surface area contributed by atoms with Crippen molar-refractivity contribution in [3.05, 3.63) is 13.3 Å². The molecule has 8 heavy (non-hydrogen) atoms. The van der Waals surface area contributed by atoms with Gasteiger partial charge in [-0.3, -0.25) is 0 Å². The third-order valence-electron chi connectivity index (χ3n) is 0. The molecule has 0 fully saturated rings. The van der Waals surface area contributed by atoms with Crippen LogP contribution in [0.1, 0.15) is 14.9 Å². The van der Waals surface area contributed by atoms with Crippen LogP contribution >= 0.6 is 0 Å². The van der Waals surface area contributed by atoms with Crippen LogP contribution in [-0.4, -0.2) is 11.0 Å². The van der Waals surface area contributed by atoms with Gasteiger partial charge in [-0.15, -0.1) is 0 Å². The van der Waals surface area contributed by atoms with Gasteiger partial charge in [0.05, 0.1) is 0 Å². The van der Waals surface area contributed by atoms with Crippen molar-refractivity contribution < 1.29 is 20.3 Å². The molecular formula is C4H12O4. The van der Waals surface area contributed by atoms with E-state index in [2.05, 4.69) is 13.3 Å². The van der Waals surface area contributed by atoms with Gasteiger partial charge >= 0.3 is 22.6 Å². The van der Waals surface area contributed by atoms with Gasteiger partial charge in [0.15, 0.2) is 0 Å². The van der Waals surface area contributed by atoms with Gasteiger partial charge in [0.1, 0.15) is 0 Å². The zero-order valence-electron chi connectivity index (χ0n) is 2.82. The van der Waals surface area contributed by atoms with Crippen LogP contribution in [0.5, 0.6) is 0 Å². The maximum absolute atomic E-state index is 7.50. The summed E-state index contributed by atoms with van der Waals surface area (Å²) in [5, 5.41) is 0. The van der Waals surface area contributed by atoms with Crippen molar-refractivity contribution in [3.8, 4) is 0 Å². The Balaban J connectivity index is -0.00000000167. The van der Waals surface area contributed by atoms with E-state index < -0.39 is 0 Å². The normalized spacial score (nSPS) is 0.500. The third-order valence-corrected chi connectivity index (χ3v) is 0. The quantitative estimate of drug-likeness (QED) is 0.308. The predicted molar refractivity (Wildman–Crippen MR) is 28.5 cm³/mol. The summed E-state index contributed by atoms with van der Waals surface area (Å²) >= 11 is 0. The minimum absolute atomic E-state index is 0. The van der Waals surface area contributed by atoms with Crippen LogP contribution < -0.4 is 0 Å². The molecule has 0 unspecified atom stereocenters. The molecule has 0 aliphatic carbocycles. The molecule has 4 N–H and O–H groups in total.